The Morgan fingerprint density at radius 2 is 1.59 bits per heavy atom. The molecule has 0 saturated carbocycles. The van der Waals surface area contributed by atoms with Crippen molar-refractivity contribution in [3.63, 3.8) is 0 Å². The molecule has 0 radical (unpaired) electrons. The molecule has 218 valence electrons. The van der Waals surface area contributed by atoms with Gasteiger partial charge in [-0.15, -0.1) is 0 Å². The molecule has 3 aromatic carbocycles. The Labute approximate surface area is 236 Å². The summed E-state index contributed by atoms with van der Waals surface area (Å²) >= 11 is 0. The predicted octanol–water partition coefficient (Wildman–Crippen LogP) is 4.24. The summed E-state index contributed by atoms with van der Waals surface area (Å²) in [5, 5.41) is 9.80. The SMILES string of the molecule is CC(C)(C)NS(=O)(=O)c1ccccc1-c1ccc(NC(=O)C(=O)N(Cc2cccc(C(=N)N)c2)CC(F)(F)F)cc1. The highest BCUT2D eigenvalue weighted by molar-refractivity contribution is 7.89. The van der Waals surface area contributed by atoms with E-state index < -0.39 is 46.6 Å². The first-order valence-electron chi connectivity index (χ1n) is 12.3. The van der Waals surface area contributed by atoms with Crippen LogP contribution in [0.2, 0.25) is 0 Å². The summed E-state index contributed by atoms with van der Waals surface area (Å²) in [6, 6.07) is 18.0. The molecule has 3 rings (SSSR count). The fraction of sp³-hybridized carbons (Fsp3) is 0.250. The van der Waals surface area contributed by atoms with Crippen LogP contribution in [0.1, 0.15) is 31.9 Å². The molecule has 0 unspecified atom stereocenters. The van der Waals surface area contributed by atoms with Gasteiger partial charge in [-0.05, 0) is 56.2 Å². The molecule has 0 fully saturated rings. The number of anilines is 1. The minimum atomic E-state index is -4.77. The van der Waals surface area contributed by atoms with E-state index in [-0.39, 0.29) is 27.5 Å². The van der Waals surface area contributed by atoms with E-state index in [2.05, 4.69) is 10.0 Å². The number of nitrogens with zero attached hydrogens (tertiary/aromatic N) is 1. The van der Waals surface area contributed by atoms with Crippen LogP contribution in [0.25, 0.3) is 11.1 Å². The van der Waals surface area contributed by atoms with Crippen molar-refractivity contribution in [2.24, 2.45) is 5.73 Å². The van der Waals surface area contributed by atoms with Crippen LogP contribution in [0.4, 0.5) is 18.9 Å². The molecule has 0 saturated heterocycles. The number of benzene rings is 3. The fourth-order valence-corrected chi connectivity index (χ4v) is 5.58. The van der Waals surface area contributed by atoms with Gasteiger partial charge in [0.1, 0.15) is 12.4 Å². The zero-order valence-electron chi connectivity index (χ0n) is 22.5. The number of halogens is 3. The molecule has 41 heavy (non-hydrogen) atoms. The molecule has 5 N–H and O–H groups in total. The van der Waals surface area contributed by atoms with Crippen LogP contribution >= 0.6 is 0 Å². The number of hydrogen-bond donors (Lipinski definition) is 4. The number of carbonyl (C=O) groups is 2. The number of alkyl halides is 3. The van der Waals surface area contributed by atoms with E-state index in [4.69, 9.17) is 11.1 Å². The Balaban J connectivity index is 1.81. The molecule has 0 aliphatic rings. The smallest absolute Gasteiger partial charge is 0.384 e. The van der Waals surface area contributed by atoms with E-state index in [1.807, 2.05) is 0 Å². The summed E-state index contributed by atoms with van der Waals surface area (Å²) in [4.78, 5) is 25.8. The summed E-state index contributed by atoms with van der Waals surface area (Å²) in [7, 11) is -3.88. The molecular formula is C28H30F3N5O4S. The molecule has 13 heteroatoms. The third-order valence-electron chi connectivity index (χ3n) is 5.53. The average molecular weight is 590 g/mol. The molecular weight excluding hydrogens is 559 g/mol. The van der Waals surface area contributed by atoms with Crippen molar-refractivity contribution in [3.8, 4) is 11.1 Å². The largest absolute Gasteiger partial charge is 0.406 e. The number of nitrogens with two attached hydrogens (primary N) is 1. The molecule has 0 spiro atoms. The number of nitrogen functional groups attached to an aromatic ring is 1. The van der Waals surface area contributed by atoms with Crippen LogP contribution < -0.4 is 15.8 Å². The highest BCUT2D eigenvalue weighted by Crippen LogP contribution is 2.29. The molecule has 0 atom stereocenters. The fourth-order valence-electron chi connectivity index (χ4n) is 3.93. The Morgan fingerprint density at radius 1 is 0.951 bits per heavy atom. The van der Waals surface area contributed by atoms with Gasteiger partial charge in [-0.1, -0.05) is 48.5 Å². The first kappa shape index (κ1) is 31.3. The molecule has 0 aromatic heterocycles. The van der Waals surface area contributed by atoms with Crippen LogP contribution in [0, 0.1) is 5.41 Å². The van der Waals surface area contributed by atoms with Crippen molar-refractivity contribution in [1.29, 1.82) is 5.41 Å². The number of hydrogen-bond acceptors (Lipinski definition) is 5. The lowest BCUT2D eigenvalue weighted by Crippen LogP contribution is -2.44. The summed E-state index contributed by atoms with van der Waals surface area (Å²) in [6.07, 6.45) is -4.77. The van der Waals surface area contributed by atoms with E-state index in [0.29, 0.717) is 16.0 Å². The van der Waals surface area contributed by atoms with Crippen molar-refractivity contribution >= 4 is 33.4 Å². The van der Waals surface area contributed by atoms with Crippen molar-refractivity contribution in [2.45, 2.75) is 43.9 Å². The molecule has 3 aromatic rings. The summed E-state index contributed by atoms with van der Waals surface area (Å²) in [5.41, 5.74) is 6.23. The predicted molar refractivity (Wildman–Crippen MR) is 150 cm³/mol. The van der Waals surface area contributed by atoms with Crippen molar-refractivity contribution < 1.29 is 31.2 Å². The zero-order chi connectivity index (χ0) is 30.6. The second kappa shape index (κ2) is 12.1. The second-order valence-electron chi connectivity index (χ2n) is 10.3. The maximum Gasteiger partial charge on any atom is 0.406 e. The molecule has 0 heterocycles. The average Bonchev–Trinajstić information content (AvgIpc) is 2.86. The minimum absolute atomic E-state index is 0.0403. The Morgan fingerprint density at radius 3 is 2.17 bits per heavy atom. The highest BCUT2D eigenvalue weighted by atomic mass is 32.2. The van der Waals surface area contributed by atoms with Crippen LogP contribution in [-0.2, 0) is 26.2 Å². The summed E-state index contributed by atoms with van der Waals surface area (Å²) < 4.78 is 68.3. The van der Waals surface area contributed by atoms with Crippen LogP contribution in [0.5, 0.6) is 0 Å². The molecule has 0 aliphatic heterocycles. The van der Waals surface area contributed by atoms with E-state index in [9.17, 15) is 31.2 Å². The van der Waals surface area contributed by atoms with Gasteiger partial charge in [0.05, 0.1) is 4.90 Å². The Bertz CT molecular complexity index is 1550. The minimum Gasteiger partial charge on any atom is -0.384 e. The standard InChI is InChI=1S/C28H30F3N5O4S/c1-27(2,3)35-41(39,40)23-10-5-4-9-22(23)19-11-13-21(14-12-19)34-25(37)26(38)36(17-28(29,30)31)16-18-7-6-8-20(15-18)24(32)33/h4-15,35H,16-17H2,1-3H3,(H3,32,33)(H,34,37). The third kappa shape index (κ3) is 8.88. The number of amidine groups is 1. The van der Waals surface area contributed by atoms with Crippen molar-refractivity contribution in [3.05, 3.63) is 83.9 Å². The van der Waals surface area contributed by atoms with Gasteiger partial charge in [-0.3, -0.25) is 15.0 Å². The number of rotatable bonds is 8. The van der Waals surface area contributed by atoms with E-state index in [1.165, 1.54) is 54.6 Å². The molecule has 0 aliphatic carbocycles. The number of nitrogens with one attached hydrogen (secondary N) is 3. The molecule has 0 bridgehead atoms. The third-order valence-corrected chi connectivity index (χ3v) is 7.35. The van der Waals surface area contributed by atoms with Gasteiger partial charge in [-0.25, -0.2) is 13.1 Å². The van der Waals surface area contributed by atoms with Gasteiger partial charge in [0, 0.05) is 28.9 Å². The monoisotopic (exact) mass is 589 g/mol. The quantitative estimate of drug-likeness (QED) is 0.176. The van der Waals surface area contributed by atoms with Crippen LogP contribution in [-0.4, -0.2) is 49.2 Å². The lowest BCUT2D eigenvalue weighted by Gasteiger charge is -2.23. The van der Waals surface area contributed by atoms with Gasteiger partial charge in [0.25, 0.3) is 0 Å². The van der Waals surface area contributed by atoms with Gasteiger partial charge in [0.15, 0.2) is 0 Å². The maximum atomic E-state index is 13.3. The van der Waals surface area contributed by atoms with E-state index in [0.717, 1.165) is 0 Å². The Kier molecular flexibility index (Phi) is 9.24. The van der Waals surface area contributed by atoms with Crippen LogP contribution in [0.3, 0.4) is 0 Å². The first-order chi connectivity index (χ1) is 18.9. The maximum absolute atomic E-state index is 13.3. The second-order valence-corrected chi connectivity index (χ2v) is 11.9. The van der Waals surface area contributed by atoms with Gasteiger partial charge < -0.3 is 16.0 Å². The number of carbonyl (C=O) groups excluding carboxylic acids is 2. The van der Waals surface area contributed by atoms with Crippen molar-refractivity contribution in [2.75, 3.05) is 11.9 Å². The van der Waals surface area contributed by atoms with Crippen molar-refractivity contribution in [1.82, 2.24) is 9.62 Å². The number of amides is 2. The van der Waals surface area contributed by atoms with Gasteiger partial charge >= 0.3 is 18.0 Å². The van der Waals surface area contributed by atoms with Crippen LogP contribution in [0.15, 0.2) is 77.7 Å². The highest BCUT2D eigenvalue weighted by Gasteiger charge is 2.35. The summed E-state index contributed by atoms with van der Waals surface area (Å²) in [5.74, 6) is -3.00. The topological polar surface area (TPSA) is 145 Å². The lowest BCUT2D eigenvalue weighted by molar-refractivity contribution is -0.164. The zero-order valence-corrected chi connectivity index (χ0v) is 23.4. The Hall–Kier alpha value is -4.23. The lowest BCUT2D eigenvalue weighted by atomic mass is 10.1. The van der Waals surface area contributed by atoms with Gasteiger partial charge in [0.2, 0.25) is 10.0 Å². The van der Waals surface area contributed by atoms with E-state index in [1.54, 1.807) is 39.0 Å². The normalized spacial score (nSPS) is 12.0. The molecule has 9 nitrogen and oxygen atoms in total. The molecule has 2 amide bonds. The first-order valence-corrected chi connectivity index (χ1v) is 13.8. The van der Waals surface area contributed by atoms with Gasteiger partial charge in [-0.2, -0.15) is 13.2 Å². The van der Waals surface area contributed by atoms with E-state index >= 15 is 0 Å². The summed E-state index contributed by atoms with van der Waals surface area (Å²) in [6.45, 7) is 2.93. The number of sulfonamides is 1.